The van der Waals surface area contributed by atoms with E-state index in [2.05, 4.69) is 33.4 Å². The van der Waals surface area contributed by atoms with Gasteiger partial charge in [-0.05, 0) is 42.2 Å². The largest absolute Gasteiger partial charge is 0.493 e. The second-order valence-electron chi connectivity index (χ2n) is 9.04. The second-order valence-corrected chi connectivity index (χ2v) is 10.8. The van der Waals surface area contributed by atoms with Gasteiger partial charge in [0, 0.05) is 73.4 Å². The molecule has 1 aliphatic heterocycles. The zero-order chi connectivity index (χ0) is 23.5. The first kappa shape index (κ1) is 23.4. The van der Waals surface area contributed by atoms with E-state index in [1.165, 1.54) is 0 Å². The summed E-state index contributed by atoms with van der Waals surface area (Å²) in [6.45, 7) is 6.58. The minimum Gasteiger partial charge on any atom is -0.493 e. The number of nitrogens with one attached hydrogen (secondary N) is 1. The maximum absolute atomic E-state index is 13.1. The van der Waals surface area contributed by atoms with Crippen LogP contribution in [0.1, 0.15) is 20.3 Å². The van der Waals surface area contributed by atoms with Gasteiger partial charge in [0.25, 0.3) is 0 Å². The number of hydrogen-bond acceptors (Lipinski definition) is 7. The van der Waals surface area contributed by atoms with Gasteiger partial charge in [0.05, 0.1) is 11.5 Å². The van der Waals surface area contributed by atoms with E-state index in [4.69, 9.17) is 4.74 Å². The fourth-order valence-electron chi connectivity index (χ4n) is 4.33. The Balaban J connectivity index is 1.49. The van der Waals surface area contributed by atoms with Gasteiger partial charge in [-0.15, -0.1) is 0 Å². The number of aliphatic hydroxyl groups excluding tert-OH is 1. The van der Waals surface area contributed by atoms with Crippen LogP contribution in [0.3, 0.4) is 0 Å². The molecule has 2 N–H and O–H groups in total. The van der Waals surface area contributed by atoms with Crippen LogP contribution in [0, 0.1) is 11.3 Å². The first-order valence-electron chi connectivity index (χ1n) is 11.1. The summed E-state index contributed by atoms with van der Waals surface area (Å²) in [5.41, 5.74) is 0.903. The summed E-state index contributed by atoms with van der Waals surface area (Å²) in [5, 5.41) is 11.2. The molecule has 1 saturated heterocycles. The minimum absolute atomic E-state index is 0.0338. The van der Waals surface area contributed by atoms with Crippen molar-refractivity contribution in [2.45, 2.75) is 25.2 Å². The lowest BCUT2D eigenvalue weighted by Gasteiger charge is -2.24. The average Bonchev–Trinajstić information content (AvgIpc) is 3.12. The Morgan fingerprint density at radius 2 is 1.88 bits per heavy atom. The first-order chi connectivity index (χ1) is 15.8. The Hall–Kier alpha value is -2.75. The Kier molecular flexibility index (Phi) is 6.83. The molecule has 0 radical (unpaired) electrons. The molecule has 3 heterocycles. The van der Waals surface area contributed by atoms with Crippen molar-refractivity contribution in [1.29, 1.82) is 0 Å². The van der Waals surface area contributed by atoms with Gasteiger partial charge in [0.2, 0.25) is 10.0 Å². The highest BCUT2D eigenvalue weighted by molar-refractivity contribution is 7.89. The smallest absolute Gasteiger partial charge is 0.241 e. The number of aliphatic hydroxyl groups is 1. The molecule has 3 aromatic rings. The third-order valence-electron chi connectivity index (χ3n) is 6.28. The molecule has 4 rings (SSSR count). The molecule has 0 aliphatic carbocycles. The van der Waals surface area contributed by atoms with E-state index < -0.39 is 10.0 Å². The minimum atomic E-state index is -3.71. The van der Waals surface area contributed by atoms with Gasteiger partial charge in [-0.25, -0.2) is 13.1 Å². The summed E-state index contributed by atoms with van der Waals surface area (Å²) in [5.74, 6) is 0.860. The van der Waals surface area contributed by atoms with Crippen LogP contribution in [-0.2, 0) is 10.0 Å². The zero-order valence-electron chi connectivity index (χ0n) is 18.9. The molecule has 8 nitrogen and oxygen atoms in total. The standard InChI is InChI=1S/C24H30N4O4S/c1-24(2)17-28(15-18(24)16-29)22-4-5-23(20-8-12-26-14-21(20)22)33(30,31)27-9-3-13-32-19-6-10-25-11-7-19/h4-8,10-12,14,18,27,29H,3,9,13,15-17H2,1-2H3. The van der Waals surface area contributed by atoms with Crippen LogP contribution in [-0.4, -0.2) is 56.3 Å². The number of pyridine rings is 2. The van der Waals surface area contributed by atoms with E-state index in [9.17, 15) is 13.5 Å². The zero-order valence-corrected chi connectivity index (χ0v) is 19.8. The summed E-state index contributed by atoms with van der Waals surface area (Å²) in [6, 6.07) is 8.77. The van der Waals surface area contributed by atoms with Gasteiger partial charge in [0.15, 0.2) is 0 Å². The lowest BCUT2D eigenvalue weighted by atomic mass is 9.83. The first-order valence-corrected chi connectivity index (χ1v) is 12.6. The lowest BCUT2D eigenvalue weighted by Crippen LogP contribution is -2.27. The van der Waals surface area contributed by atoms with E-state index in [0.717, 1.165) is 24.2 Å². The van der Waals surface area contributed by atoms with E-state index in [1.54, 1.807) is 49.1 Å². The van der Waals surface area contributed by atoms with Crippen LogP contribution in [0.5, 0.6) is 5.75 Å². The monoisotopic (exact) mass is 470 g/mol. The predicted molar refractivity (Wildman–Crippen MR) is 128 cm³/mol. The van der Waals surface area contributed by atoms with Gasteiger partial charge in [0.1, 0.15) is 5.75 Å². The SMILES string of the molecule is CC1(C)CN(c2ccc(S(=O)(=O)NCCCOc3ccncc3)c3ccncc23)CC1CO. The molecule has 176 valence electrons. The number of hydrogen-bond donors (Lipinski definition) is 2. The normalized spacial score (nSPS) is 18.0. The molecule has 1 atom stereocenters. The number of rotatable bonds is 9. The van der Waals surface area contributed by atoms with Gasteiger partial charge < -0.3 is 14.7 Å². The van der Waals surface area contributed by atoms with Crippen molar-refractivity contribution in [2.75, 3.05) is 37.7 Å². The maximum atomic E-state index is 13.1. The van der Waals surface area contributed by atoms with Crippen molar-refractivity contribution in [1.82, 2.24) is 14.7 Å². The molecule has 0 amide bonds. The summed E-state index contributed by atoms with van der Waals surface area (Å²) in [7, 11) is -3.71. The van der Waals surface area contributed by atoms with Gasteiger partial charge in [-0.1, -0.05) is 13.8 Å². The fraction of sp³-hybridized carbons (Fsp3) is 0.417. The number of aromatic nitrogens is 2. The van der Waals surface area contributed by atoms with Crippen LogP contribution in [0.2, 0.25) is 0 Å². The van der Waals surface area contributed by atoms with Crippen molar-refractivity contribution >= 4 is 26.5 Å². The number of fused-ring (bicyclic) bond motifs is 1. The van der Waals surface area contributed by atoms with Crippen molar-refractivity contribution in [3.05, 3.63) is 55.1 Å². The quantitative estimate of drug-likeness (QED) is 0.463. The van der Waals surface area contributed by atoms with Crippen LogP contribution in [0.4, 0.5) is 5.69 Å². The van der Waals surface area contributed by atoms with Crippen molar-refractivity contribution in [3.63, 3.8) is 0 Å². The Labute approximate surface area is 194 Å². The molecule has 2 aromatic heterocycles. The molecule has 0 spiro atoms. The van der Waals surface area contributed by atoms with Crippen molar-refractivity contribution in [2.24, 2.45) is 11.3 Å². The highest BCUT2D eigenvalue weighted by atomic mass is 32.2. The maximum Gasteiger partial charge on any atom is 0.241 e. The fourth-order valence-corrected chi connectivity index (χ4v) is 5.61. The Bertz CT molecular complexity index is 1200. The number of sulfonamides is 1. The van der Waals surface area contributed by atoms with E-state index in [1.807, 2.05) is 6.07 Å². The molecule has 0 saturated carbocycles. The van der Waals surface area contributed by atoms with Crippen LogP contribution < -0.4 is 14.4 Å². The number of ether oxygens (including phenoxy) is 1. The molecule has 33 heavy (non-hydrogen) atoms. The molecular formula is C24H30N4O4S. The summed E-state index contributed by atoms with van der Waals surface area (Å²) in [6.07, 6.45) is 7.15. The molecule has 1 aromatic carbocycles. The van der Waals surface area contributed by atoms with Crippen LogP contribution in [0.15, 0.2) is 60.0 Å². The third kappa shape index (κ3) is 5.10. The van der Waals surface area contributed by atoms with E-state index in [0.29, 0.717) is 24.2 Å². The third-order valence-corrected chi connectivity index (χ3v) is 7.80. The molecular weight excluding hydrogens is 440 g/mol. The highest BCUT2D eigenvalue weighted by Crippen LogP contribution is 2.40. The number of anilines is 1. The molecule has 1 aliphatic rings. The van der Waals surface area contributed by atoms with Crippen LogP contribution in [0.25, 0.3) is 10.8 Å². The molecule has 1 unspecified atom stereocenters. The Morgan fingerprint density at radius 3 is 2.61 bits per heavy atom. The number of benzene rings is 1. The predicted octanol–water partition coefficient (Wildman–Crippen LogP) is 2.83. The summed E-state index contributed by atoms with van der Waals surface area (Å²) >= 11 is 0. The van der Waals surface area contributed by atoms with Gasteiger partial charge in [-0.3, -0.25) is 9.97 Å². The molecule has 0 bridgehead atoms. The van der Waals surface area contributed by atoms with Gasteiger partial charge in [-0.2, -0.15) is 0 Å². The van der Waals surface area contributed by atoms with Crippen molar-refractivity contribution < 1.29 is 18.3 Å². The van der Waals surface area contributed by atoms with E-state index in [-0.39, 0.29) is 29.4 Å². The second kappa shape index (κ2) is 9.62. The average molecular weight is 471 g/mol. The lowest BCUT2D eigenvalue weighted by molar-refractivity contribution is 0.161. The topological polar surface area (TPSA) is 105 Å². The molecule has 1 fully saturated rings. The van der Waals surface area contributed by atoms with E-state index >= 15 is 0 Å². The van der Waals surface area contributed by atoms with Crippen LogP contribution >= 0.6 is 0 Å². The number of nitrogens with zero attached hydrogens (tertiary/aromatic N) is 3. The molecule has 9 heteroatoms. The van der Waals surface area contributed by atoms with Gasteiger partial charge >= 0.3 is 0 Å². The summed E-state index contributed by atoms with van der Waals surface area (Å²) in [4.78, 5) is 10.6. The highest BCUT2D eigenvalue weighted by Gasteiger charge is 2.39. The Morgan fingerprint density at radius 1 is 1.12 bits per heavy atom. The summed E-state index contributed by atoms with van der Waals surface area (Å²) < 4.78 is 34.5. The van der Waals surface area contributed by atoms with Crippen molar-refractivity contribution in [3.8, 4) is 5.75 Å².